The highest BCUT2D eigenvalue weighted by Crippen LogP contribution is 2.34. The molecule has 12 nitrogen and oxygen atoms in total. The average molecular weight is 761 g/mol. The van der Waals surface area contributed by atoms with Gasteiger partial charge in [0.25, 0.3) is 10.1 Å². The van der Waals surface area contributed by atoms with Crippen LogP contribution < -0.4 is 9.47 Å². The van der Waals surface area contributed by atoms with E-state index in [0.29, 0.717) is 82.3 Å². The number of aliphatic hydroxyl groups is 1. The third-order valence-electron chi connectivity index (χ3n) is 9.29. The molecule has 0 aromatic heterocycles. The first-order chi connectivity index (χ1) is 23.5. The van der Waals surface area contributed by atoms with Crippen molar-refractivity contribution in [3.63, 3.8) is 0 Å². The lowest BCUT2D eigenvalue weighted by Gasteiger charge is -2.35. The van der Waals surface area contributed by atoms with Crippen molar-refractivity contribution < 1.29 is 44.0 Å². The molecule has 0 amide bonds. The van der Waals surface area contributed by atoms with Crippen molar-refractivity contribution >= 4 is 30.2 Å². The summed E-state index contributed by atoms with van der Waals surface area (Å²) in [6.07, 6.45) is 8.79. The van der Waals surface area contributed by atoms with E-state index in [4.69, 9.17) is 18.8 Å². The van der Waals surface area contributed by atoms with Gasteiger partial charge in [0.1, 0.15) is 11.5 Å². The third-order valence-corrected chi connectivity index (χ3v) is 14.4. The lowest BCUT2D eigenvalue weighted by molar-refractivity contribution is 0.213. The van der Waals surface area contributed by atoms with Crippen LogP contribution in [0.15, 0.2) is 34.1 Å². The van der Waals surface area contributed by atoms with Crippen LogP contribution in [0.2, 0.25) is 0 Å². The lowest BCUT2D eigenvalue weighted by Crippen LogP contribution is -2.44. The van der Waals surface area contributed by atoms with Crippen LogP contribution in [-0.2, 0) is 34.3 Å². The summed E-state index contributed by atoms with van der Waals surface area (Å²) in [7, 11) is -7.51. The number of aryl methyl sites for hydroxylation is 4. The molecule has 2 aliphatic heterocycles. The molecular formula is C35H56N2O10S3. The van der Waals surface area contributed by atoms with Crippen molar-refractivity contribution in [3.8, 4) is 11.5 Å². The lowest BCUT2D eigenvalue weighted by atomic mass is 10.0. The Morgan fingerprint density at radius 3 is 1.38 bits per heavy atom. The van der Waals surface area contributed by atoms with Crippen LogP contribution in [0.5, 0.6) is 11.5 Å². The SMILES string of the molecule is COc1cc(C)c(S(=O)(=O)N2CCCCC2CCCO)c(C)c1.COc1cc(C)c(S(=O)(=O)N2CCCCC2CCCOS(C)(=O)=O)c(C)c1. The summed E-state index contributed by atoms with van der Waals surface area (Å²) in [5.41, 5.74) is 2.76. The molecule has 2 atom stereocenters. The monoisotopic (exact) mass is 760 g/mol. The van der Waals surface area contributed by atoms with Crippen LogP contribution in [0.1, 0.15) is 86.5 Å². The topological polar surface area (TPSA) is 157 Å². The number of nitrogens with zero attached hydrogens (tertiary/aromatic N) is 2. The van der Waals surface area contributed by atoms with Crippen LogP contribution in [-0.4, -0.2) is 97.8 Å². The summed E-state index contributed by atoms with van der Waals surface area (Å²) >= 11 is 0. The van der Waals surface area contributed by atoms with Gasteiger partial charge in [-0.15, -0.1) is 0 Å². The molecule has 2 saturated heterocycles. The summed E-state index contributed by atoms with van der Waals surface area (Å²) in [6.45, 7) is 8.40. The molecule has 284 valence electrons. The first-order valence-electron chi connectivity index (χ1n) is 17.3. The number of hydrogen-bond acceptors (Lipinski definition) is 10. The van der Waals surface area contributed by atoms with Gasteiger partial charge in [-0.2, -0.15) is 17.0 Å². The zero-order chi connectivity index (χ0) is 37.3. The second-order valence-corrected chi connectivity index (χ2v) is 18.5. The Balaban J connectivity index is 0.000000274. The maximum absolute atomic E-state index is 13.4. The van der Waals surface area contributed by atoms with Crippen LogP contribution in [0, 0.1) is 27.7 Å². The zero-order valence-electron chi connectivity index (χ0n) is 30.6. The van der Waals surface area contributed by atoms with Crippen molar-refractivity contribution in [2.45, 2.75) is 114 Å². The molecule has 0 saturated carbocycles. The van der Waals surface area contributed by atoms with Crippen molar-refractivity contribution in [2.75, 3.05) is 46.8 Å². The number of ether oxygens (including phenoxy) is 2. The molecule has 2 unspecified atom stereocenters. The minimum atomic E-state index is -3.64. The molecule has 0 aliphatic carbocycles. The fourth-order valence-electron chi connectivity index (χ4n) is 7.12. The molecule has 2 aromatic rings. The summed E-state index contributed by atoms with van der Waals surface area (Å²) < 4.78 is 93.9. The summed E-state index contributed by atoms with van der Waals surface area (Å²) in [4.78, 5) is 0.733. The maximum Gasteiger partial charge on any atom is 0.264 e. The van der Waals surface area contributed by atoms with Gasteiger partial charge in [0.05, 0.1) is 36.9 Å². The molecule has 15 heteroatoms. The molecule has 0 bridgehead atoms. The average Bonchev–Trinajstić information content (AvgIpc) is 3.04. The normalized spacial score (nSPS) is 19.4. The van der Waals surface area contributed by atoms with Crippen molar-refractivity contribution in [1.82, 2.24) is 8.61 Å². The first-order valence-corrected chi connectivity index (χ1v) is 22.0. The van der Waals surface area contributed by atoms with E-state index in [0.717, 1.165) is 44.8 Å². The van der Waals surface area contributed by atoms with E-state index in [1.807, 2.05) is 13.8 Å². The Bertz CT molecular complexity index is 1720. The Hall–Kier alpha value is -2.27. The second kappa shape index (κ2) is 18.5. The van der Waals surface area contributed by atoms with Crippen LogP contribution in [0.4, 0.5) is 0 Å². The Morgan fingerprint density at radius 2 is 1.04 bits per heavy atom. The number of piperidine rings is 2. The highest BCUT2D eigenvalue weighted by Gasteiger charge is 2.36. The zero-order valence-corrected chi connectivity index (χ0v) is 33.1. The highest BCUT2D eigenvalue weighted by molar-refractivity contribution is 7.89. The summed E-state index contributed by atoms with van der Waals surface area (Å²) in [5, 5.41) is 9.07. The van der Waals surface area contributed by atoms with E-state index in [9.17, 15) is 25.3 Å². The Labute approximate surface area is 300 Å². The summed E-state index contributed by atoms with van der Waals surface area (Å²) in [5.74, 6) is 1.31. The van der Waals surface area contributed by atoms with Crippen molar-refractivity contribution in [3.05, 3.63) is 46.5 Å². The molecule has 2 heterocycles. The maximum atomic E-state index is 13.4. The molecule has 2 fully saturated rings. The molecule has 2 aliphatic rings. The standard InChI is InChI=1S/C18H29NO6S2.C17H27NO4S/c1-14-12-17(24-3)13-15(2)18(14)27(22,23)19-10-6-5-8-16(19)9-7-11-25-26(4,20)21;1-13-11-16(22-3)12-14(2)17(13)23(20,21)18-9-5-4-7-15(18)8-6-10-19/h12-13,16H,5-11H2,1-4H3;11-12,15,19H,4-10H2,1-3H3. The molecule has 0 radical (unpaired) electrons. The first kappa shape index (κ1) is 42.1. The van der Waals surface area contributed by atoms with Crippen molar-refractivity contribution in [1.29, 1.82) is 0 Å². The van der Waals surface area contributed by atoms with E-state index in [1.54, 1.807) is 60.9 Å². The van der Waals surface area contributed by atoms with Gasteiger partial charge in [0.15, 0.2) is 0 Å². The highest BCUT2D eigenvalue weighted by atomic mass is 32.2. The predicted molar refractivity (Wildman–Crippen MR) is 194 cm³/mol. The van der Waals surface area contributed by atoms with E-state index in [1.165, 1.54) is 0 Å². The second-order valence-electron chi connectivity index (χ2n) is 13.2. The smallest absolute Gasteiger partial charge is 0.264 e. The minimum Gasteiger partial charge on any atom is -0.497 e. The number of benzene rings is 2. The molecule has 4 rings (SSSR count). The number of aliphatic hydroxyl groups excluding tert-OH is 1. The van der Waals surface area contributed by atoms with Gasteiger partial charge in [-0.25, -0.2) is 16.8 Å². The molecule has 1 N–H and O–H groups in total. The number of sulfonamides is 2. The van der Waals surface area contributed by atoms with Gasteiger partial charge < -0.3 is 14.6 Å². The largest absolute Gasteiger partial charge is 0.497 e. The predicted octanol–water partition coefficient (Wildman–Crippen LogP) is 5.24. The Kier molecular flexibility index (Phi) is 15.6. The van der Waals surface area contributed by atoms with Gasteiger partial charge >= 0.3 is 0 Å². The van der Waals surface area contributed by atoms with Gasteiger partial charge in [0.2, 0.25) is 20.0 Å². The van der Waals surface area contributed by atoms with Gasteiger partial charge in [-0.3, -0.25) is 4.18 Å². The van der Waals surface area contributed by atoms with Gasteiger partial charge in [-0.1, -0.05) is 12.8 Å². The fraction of sp³-hybridized carbons (Fsp3) is 0.657. The summed E-state index contributed by atoms with van der Waals surface area (Å²) in [6, 6.07) is 6.85. The molecule has 2 aromatic carbocycles. The molecule has 0 spiro atoms. The van der Waals surface area contributed by atoms with Gasteiger partial charge in [-0.05, 0) is 126 Å². The quantitative estimate of drug-likeness (QED) is 0.200. The van der Waals surface area contributed by atoms with E-state index >= 15 is 0 Å². The number of rotatable bonds is 14. The molecule has 50 heavy (non-hydrogen) atoms. The third kappa shape index (κ3) is 10.9. The number of methoxy groups -OCH3 is 2. The van der Waals surface area contributed by atoms with Crippen LogP contribution in [0.3, 0.4) is 0 Å². The number of hydrogen-bond donors (Lipinski definition) is 1. The van der Waals surface area contributed by atoms with E-state index in [-0.39, 0.29) is 25.3 Å². The van der Waals surface area contributed by atoms with E-state index in [2.05, 4.69) is 0 Å². The van der Waals surface area contributed by atoms with Crippen LogP contribution >= 0.6 is 0 Å². The van der Waals surface area contributed by atoms with E-state index < -0.39 is 30.2 Å². The van der Waals surface area contributed by atoms with Gasteiger partial charge in [0, 0.05) is 31.8 Å². The van der Waals surface area contributed by atoms with Crippen molar-refractivity contribution in [2.24, 2.45) is 0 Å². The Morgan fingerprint density at radius 1 is 0.660 bits per heavy atom. The van der Waals surface area contributed by atoms with Crippen LogP contribution in [0.25, 0.3) is 0 Å². The molecular weight excluding hydrogens is 705 g/mol. The minimum absolute atomic E-state index is 0.0122. The fourth-order valence-corrected chi connectivity index (χ4v) is 11.8.